The zero-order valence-corrected chi connectivity index (χ0v) is 23.6. The normalized spacial score (nSPS) is 12.3. The third kappa shape index (κ3) is 8.03. The summed E-state index contributed by atoms with van der Waals surface area (Å²) in [5, 5.41) is 5.74. The molecular formula is C29H43N5O3. The molecule has 1 unspecified atom stereocenters. The summed E-state index contributed by atoms with van der Waals surface area (Å²) < 4.78 is 5.90. The number of hydrogen-bond donors (Lipinski definition) is 2. The maximum absolute atomic E-state index is 13.3. The average molecular weight is 510 g/mol. The smallest absolute Gasteiger partial charge is 0.294 e. The van der Waals surface area contributed by atoms with E-state index in [1.807, 2.05) is 58.8 Å². The zero-order chi connectivity index (χ0) is 27.5. The third-order valence-corrected chi connectivity index (χ3v) is 6.40. The molecule has 2 amide bonds. The van der Waals surface area contributed by atoms with E-state index in [9.17, 15) is 9.59 Å². The van der Waals surface area contributed by atoms with Gasteiger partial charge in [0.1, 0.15) is 22.8 Å². The highest BCUT2D eigenvalue weighted by molar-refractivity contribution is 6.13. The molecule has 8 nitrogen and oxygen atoms in total. The minimum Gasteiger partial charge on any atom is -0.447 e. The maximum Gasteiger partial charge on any atom is 0.294 e. The Kier molecular flexibility index (Phi) is 11.6. The number of amides is 2. The standard InChI is InChI=1S/C27H37N5O3.C2H6/c1-7-17(3)10-9-11-19(8-2)26(33)31-24-23-20(13-15-22(30-23)32(5)6)35-25(24)27(34)29-21-14-12-18(4)16-28-21;1-2/h12-17,19H,7-11H2,1-6H3,(H,31,33)(H,28,29,34);1-2H3/t17?,19-;/m0./s1. The van der Waals surface area contributed by atoms with Crippen LogP contribution >= 0.6 is 0 Å². The molecule has 2 N–H and O–H groups in total. The number of furan rings is 1. The van der Waals surface area contributed by atoms with Gasteiger partial charge in [-0.1, -0.05) is 59.9 Å². The summed E-state index contributed by atoms with van der Waals surface area (Å²) in [4.78, 5) is 37.2. The van der Waals surface area contributed by atoms with Gasteiger partial charge < -0.3 is 20.0 Å². The fourth-order valence-electron chi connectivity index (χ4n) is 3.87. The molecule has 0 aliphatic heterocycles. The molecule has 0 aliphatic carbocycles. The quantitative estimate of drug-likeness (QED) is 0.287. The molecule has 3 heterocycles. The Labute approximate surface area is 221 Å². The number of nitrogens with one attached hydrogen (secondary N) is 2. The predicted octanol–water partition coefficient (Wildman–Crippen LogP) is 7.06. The van der Waals surface area contributed by atoms with E-state index in [0.717, 1.165) is 31.2 Å². The van der Waals surface area contributed by atoms with Crippen molar-refractivity contribution in [3.8, 4) is 0 Å². The van der Waals surface area contributed by atoms with Crippen LogP contribution in [-0.2, 0) is 4.79 Å². The number of hydrogen-bond acceptors (Lipinski definition) is 6. The first-order chi connectivity index (χ1) is 17.7. The fraction of sp³-hybridized carbons (Fsp3) is 0.517. The Balaban J connectivity index is 0.00000235. The van der Waals surface area contributed by atoms with Crippen LogP contribution < -0.4 is 15.5 Å². The van der Waals surface area contributed by atoms with Crippen LogP contribution in [0.5, 0.6) is 0 Å². The second-order valence-corrected chi connectivity index (χ2v) is 9.43. The van der Waals surface area contributed by atoms with Crippen molar-refractivity contribution < 1.29 is 14.0 Å². The van der Waals surface area contributed by atoms with Crippen LogP contribution in [0, 0.1) is 18.8 Å². The summed E-state index contributed by atoms with van der Waals surface area (Å²) in [6, 6.07) is 7.16. The molecule has 3 aromatic rings. The number of rotatable bonds is 11. The van der Waals surface area contributed by atoms with Crippen LogP contribution in [0.3, 0.4) is 0 Å². The summed E-state index contributed by atoms with van der Waals surface area (Å²) in [7, 11) is 3.77. The van der Waals surface area contributed by atoms with Gasteiger partial charge in [0.25, 0.3) is 5.91 Å². The Hall–Kier alpha value is -3.42. The molecule has 0 spiro atoms. The maximum atomic E-state index is 13.3. The number of carbonyl (C=O) groups excluding carboxylic acids is 2. The van der Waals surface area contributed by atoms with Crippen LogP contribution in [0.2, 0.25) is 0 Å². The van der Waals surface area contributed by atoms with E-state index < -0.39 is 5.91 Å². The van der Waals surface area contributed by atoms with Gasteiger partial charge >= 0.3 is 0 Å². The second-order valence-electron chi connectivity index (χ2n) is 9.43. The van der Waals surface area contributed by atoms with Crippen molar-refractivity contribution in [2.45, 2.75) is 73.6 Å². The lowest BCUT2D eigenvalue weighted by molar-refractivity contribution is -0.120. The van der Waals surface area contributed by atoms with Gasteiger partial charge in [-0.3, -0.25) is 9.59 Å². The molecule has 202 valence electrons. The highest BCUT2D eigenvalue weighted by atomic mass is 16.3. The van der Waals surface area contributed by atoms with E-state index in [1.165, 1.54) is 0 Å². The van der Waals surface area contributed by atoms with Gasteiger partial charge in [-0.15, -0.1) is 0 Å². The highest BCUT2D eigenvalue weighted by Gasteiger charge is 2.26. The number of pyridine rings is 2. The zero-order valence-electron chi connectivity index (χ0n) is 23.6. The molecule has 0 aromatic carbocycles. The highest BCUT2D eigenvalue weighted by Crippen LogP contribution is 2.32. The first kappa shape index (κ1) is 29.8. The lowest BCUT2D eigenvalue weighted by atomic mass is 9.94. The number of fused-ring (bicyclic) bond motifs is 1. The predicted molar refractivity (Wildman–Crippen MR) is 152 cm³/mol. The number of aromatic nitrogens is 2. The van der Waals surface area contributed by atoms with Crippen LogP contribution in [0.25, 0.3) is 11.1 Å². The Morgan fingerprint density at radius 3 is 2.35 bits per heavy atom. The first-order valence-electron chi connectivity index (χ1n) is 13.4. The van der Waals surface area contributed by atoms with Crippen molar-refractivity contribution in [2.24, 2.45) is 11.8 Å². The van der Waals surface area contributed by atoms with Crippen LogP contribution in [0.15, 0.2) is 34.9 Å². The number of anilines is 3. The molecule has 0 saturated carbocycles. The van der Waals surface area contributed by atoms with Gasteiger partial charge in [0.15, 0.2) is 5.58 Å². The monoisotopic (exact) mass is 509 g/mol. The Morgan fingerprint density at radius 2 is 1.76 bits per heavy atom. The molecule has 8 heteroatoms. The number of carbonyl (C=O) groups is 2. The van der Waals surface area contributed by atoms with Crippen molar-refractivity contribution in [1.82, 2.24) is 9.97 Å². The van der Waals surface area contributed by atoms with Crippen molar-refractivity contribution in [3.63, 3.8) is 0 Å². The SMILES string of the molecule is CC.CCC(C)CCC[C@H](CC)C(=O)Nc1c(C(=O)Nc2ccc(C)cn2)oc2ccc(N(C)C)nc12. The molecule has 0 aliphatic rings. The summed E-state index contributed by atoms with van der Waals surface area (Å²) in [6.45, 7) is 12.4. The molecule has 2 atom stereocenters. The lowest BCUT2D eigenvalue weighted by Gasteiger charge is -2.16. The largest absolute Gasteiger partial charge is 0.447 e. The van der Waals surface area contributed by atoms with E-state index in [-0.39, 0.29) is 17.6 Å². The first-order valence-corrected chi connectivity index (χ1v) is 13.4. The Morgan fingerprint density at radius 1 is 1.03 bits per heavy atom. The summed E-state index contributed by atoms with van der Waals surface area (Å²) in [6.07, 6.45) is 6.41. The van der Waals surface area contributed by atoms with Crippen molar-refractivity contribution in [2.75, 3.05) is 29.6 Å². The number of nitrogens with zero attached hydrogens (tertiary/aromatic N) is 3. The van der Waals surface area contributed by atoms with Crippen LogP contribution in [0.1, 0.15) is 82.8 Å². The summed E-state index contributed by atoms with van der Waals surface area (Å²) in [5.74, 6) is 0.972. The van der Waals surface area contributed by atoms with Gasteiger partial charge in [-0.05, 0) is 49.4 Å². The molecule has 37 heavy (non-hydrogen) atoms. The van der Waals surface area contributed by atoms with Crippen molar-refractivity contribution in [3.05, 3.63) is 41.8 Å². The van der Waals surface area contributed by atoms with E-state index >= 15 is 0 Å². The van der Waals surface area contributed by atoms with Gasteiger partial charge in [0.05, 0.1) is 0 Å². The molecule has 0 fully saturated rings. The molecular weight excluding hydrogens is 466 g/mol. The van der Waals surface area contributed by atoms with Crippen LogP contribution in [-0.4, -0.2) is 35.9 Å². The third-order valence-electron chi connectivity index (χ3n) is 6.40. The number of aryl methyl sites for hydroxylation is 1. The molecule has 0 saturated heterocycles. The summed E-state index contributed by atoms with van der Waals surface area (Å²) in [5.41, 5.74) is 2.15. The molecule has 3 aromatic heterocycles. The van der Waals surface area contributed by atoms with Crippen molar-refractivity contribution >= 4 is 40.2 Å². The topological polar surface area (TPSA) is 100 Å². The van der Waals surface area contributed by atoms with Gasteiger partial charge in [-0.25, -0.2) is 9.97 Å². The second kappa shape index (κ2) is 14.4. The van der Waals surface area contributed by atoms with E-state index in [0.29, 0.717) is 40.8 Å². The lowest BCUT2D eigenvalue weighted by Crippen LogP contribution is -2.24. The summed E-state index contributed by atoms with van der Waals surface area (Å²) >= 11 is 0. The van der Waals surface area contributed by atoms with E-state index in [2.05, 4.69) is 34.4 Å². The molecule has 0 bridgehead atoms. The Bertz CT molecular complexity index is 1150. The van der Waals surface area contributed by atoms with Gasteiger partial charge in [0.2, 0.25) is 11.7 Å². The van der Waals surface area contributed by atoms with Gasteiger partial charge in [0, 0.05) is 26.2 Å². The molecule has 0 radical (unpaired) electrons. The fourth-order valence-corrected chi connectivity index (χ4v) is 3.87. The molecule has 3 rings (SSSR count). The minimum absolute atomic E-state index is 0.00795. The van der Waals surface area contributed by atoms with E-state index in [4.69, 9.17) is 4.42 Å². The van der Waals surface area contributed by atoms with Crippen LogP contribution in [0.4, 0.5) is 17.3 Å². The van der Waals surface area contributed by atoms with Crippen molar-refractivity contribution in [1.29, 1.82) is 0 Å². The van der Waals surface area contributed by atoms with Gasteiger partial charge in [-0.2, -0.15) is 0 Å². The van der Waals surface area contributed by atoms with E-state index in [1.54, 1.807) is 18.3 Å². The minimum atomic E-state index is -0.495. The average Bonchev–Trinajstić information content (AvgIpc) is 3.26.